The van der Waals surface area contributed by atoms with E-state index in [1.165, 1.54) is 0 Å². The van der Waals surface area contributed by atoms with Gasteiger partial charge in [-0.3, -0.25) is 9.00 Å². The Morgan fingerprint density at radius 1 is 1.21 bits per heavy atom. The molecule has 0 saturated carbocycles. The highest BCUT2D eigenvalue weighted by Crippen LogP contribution is 2.33. The second kappa shape index (κ2) is 5.84. The molecule has 5 nitrogen and oxygen atoms in total. The van der Waals surface area contributed by atoms with Crippen LogP contribution in [0.4, 0.5) is 5.82 Å². The number of fused-ring (bicyclic) bond motifs is 1. The minimum atomic E-state index is -0.927. The van der Waals surface area contributed by atoms with E-state index in [1.54, 1.807) is 0 Å². The van der Waals surface area contributed by atoms with Crippen LogP contribution in [-0.4, -0.2) is 19.9 Å². The third kappa shape index (κ3) is 3.02. The van der Waals surface area contributed by atoms with Crippen LogP contribution in [0.3, 0.4) is 0 Å². The van der Waals surface area contributed by atoms with Gasteiger partial charge in [0.25, 0.3) is 5.91 Å². The highest BCUT2D eigenvalue weighted by molar-refractivity contribution is 7.83. The van der Waals surface area contributed by atoms with E-state index < -0.39 is 10.8 Å². The lowest BCUT2D eigenvalue weighted by molar-refractivity contribution is 0.102. The van der Waals surface area contributed by atoms with E-state index in [9.17, 15) is 9.00 Å². The number of aryl methyl sites for hydroxylation is 2. The zero-order chi connectivity index (χ0) is 17.6. The van der Waals surface area contributed by atoms with Crippen LogP contribution >= 0.6 is 0 Å². The third-order valence-electron chi connectivity index (χ3n) is 4.31. The summed E-state index contributed by atoms with van der Waals surface area (Å²) in [5.74, 6) is 1.43. The van der Waals surface area contributed by atoms with Gasteiger partial charge in [0.15, 0.2) is 0 Å². The maximum atomic E-state index is 12.7. The standard InChI is InChI=1S/C18H23N3O2S/c1-11-6-7-13(8-12(11)2)17(22)19-16-14-9-24(23)10-15(14)20-21(16)18(3,4)5/h6-8H,9-10H2,1-5H3,(H,19,22). The van der Waals surface area contributed by atoms with Gasteiger partial charge in [-0.2, -0.15) is 5.10 Å². The summed E-state index contributed by atoms with van der Waals surface area (Å²) in [5.41, 5.74) is 4.32. The van der Waals surface area contributed by atoms with Crippen molar-refractivity contribution in [2.45, 2.75) is 51.7 Å². The number of carbonyl (C=O) groups is 1. The summed E-state index contributed by atoms with van der Waals surface area (Å²) in [5, 5.41) is 7.61. The lowest BCUT2D eigenvalue weighted by atomic mass is 10.1. The Hall–Kier alpha value is -1.95. The van der Waals surface area contributed by atoms with Gasteiger partial charge < -0.3 is 5.32 Å². The number of nitrogens with one attached hydrogen (secondary N) is 1. The molecule has 1 atom stereocenters. The summed E-state index contributed by atoms with van der Waals surface area (Å²) in [7, 11) is -0.927. The molecule has 3 rings (SSSR count). The van der Waals surface area contributed by atoms with Crippen molar-refractivity contribution in [1.29, 1.82) is 0 Å². The Balaban J connectivity index is 1.98. The highest BCUT2D eigenvalue weighted by atomic mass is 32.2. The molecule has 0 saturated heterocycles. The number of hydrogen-bond donors (Lipinski definition) is 1. The van der Waals surface area contributed by atoms with E-state index in [0.29, 0.717) is 22.9 Å². The Labute approximate surface area is 144 Å². The minimum absolute atomic E-state index is 0.163. The molecule has 0 radical (unpaired) electrons. The monoisotopic (exact) mass is 345 g/mol. The van der Waals surface area contributed by atoms with Crippen molar-refractivity contribution in [3.8, 4) is 0 Å². The van der Waals surface area contributed by atoms with Crippen molar-refractivity contribution in [3.05, 3.63) is 46.1 Å². The van der Waals surface area contributed by atoms with Crippen LogP contribution in [0.2, 0.25) is 0 Å². The van der Waals surface area contributed by atoms with Crippen LogP contribution < -0.4 is 5.32 Å². The third-order valence-corrected chi connectivity index (χ3v) is 5.51. The van der Waals surface area contributed by atoms with Crippen molar-refractivity contribution >= 4 is 22.5 Å². The molecular weight excluding hydrogens is 322 g/mol. The Bertz CT molecular complexity index is 847. The van der Waals surface area contributed by atoms with Crippen LogP contribution in [-0.2, 0) is 27.8 Å². The molecule has 1 aliphatic rings. The first kappa shape index (κ1) is 16.9. The number of aromatic nitrogens is 2. The number of nitrogens with zero attached hydrogens (tertiary/aromatic N) is 2. The lowest BCUT2D eigenvalue weighted by Crippen LogP contribution is -2.27. The van der Waals surface area contributed by atoms with Crippen molar-refractivity contribution in [3.63, 3.8) is 0 Å². The minimum Gasteiger partial charge on any atom is -0.306 e. The van der Waals surface area contributed by atoms with E-state index in [-0.39, 0.29) is 11.4 Å². The summed E-state index contributed by atoms with van der Waals surface area (Å²) in [4.78, 5) is 12.7. The molecule has 2 heterocycles. The number of benzene rings is 1. The van der Waals surface area contributed by atoms with Gasteiger partial charge in [0.05, 0.1) is 22.7 Å². The zero-order valence-corrected chi connectivity index (χ0v) is 15.6. The average Bonchev–Trinajstić information content (AvgIpc) is 2.99. The number of rotatable bonds is 2. The second-order valence-corrected chi connectivity index (χ2v) is 8.80. The fourth-order valence-electron chi connectivity index (χ4n) is 2.80. The second-order valence-electron chi connectivity index (χ2n) is 7.34. The average molecular weight is 345 g/mol. The Morgan fingerprint density at radius 3 is 2.54 bits per heavy atom. The van der Waals surface area contributed by atoms with E-state index in [4.69, 9.17) is 0 Å². The van der Waals surface area contributed by atoms with Crippen LogP contribution in [0.5, 0.6) is 0 Å². The molecule has 0 fully saturated rings. The first-order chi connectivity index (χ1) is 11.2. The molecule has 1 unspecified atom stereocenters. The Kier molecular flexibility index (Phi) is 4.11. The van der Waals surface area contributed by atoms with E-state index in [1.807, 2.05) is 57.5 Å². The molecular formula is C18H23N3O2S. The van der Waals surface area contributed by atoms with E-state index >= 15 is 0 Å². The summed E-state index contributed by atoms with van der Waals surface area (Å²) >= 11 is 0. The van der Waals surface area contributed by atoms with Gasteiger partial charge in [-0.15, -0.1) is 0 Å². The molecule has 0 bridgehead atoms. The fraction of sp³-hybridized carbons (Fsp3) is 0.444. The number of carbonyl (C=O) groups excluding carboxylic acids is 1. The zero-order valence-electron chi connectivity index (χ0n) is 14.8. The normalized spacial score (nSPS) is 17.0. The Morgan fingerprint density at radius 2 is 1.92 bits per heavy atom. The summed E-state index contributed by atoms with van der Waals surface area (Å²) < 4.78 is 13.7. The lowest BCUT2D eigenvalue weighted by Gasteiger charge is -2.23. The summed E-state index contributed by atoms with van der Waals surface area (Å²) in [6.07, 6.45) is 0. The van der Waals surface area contributed by atoms with E-state index in [0.717, 1.165) is 22.4 Å². The molecule has 1 aromatic heterocycles. The molecule has 0 spiro atoms. The predicted molar refractivity (Wildman–Crippen MR) is 96.6 cm³/mol. The van der Waals surface area contributed by atoms with Crippen molar-refractivity contribution in [2.24, 2.45) is 0 Å². The molecule has 1 amide bonds. The van der Waals surface area contributed by atoms with Crippen molar-refractivity contribution in [1.82, 2.24) is 9.78 Å². The van der Waals surface area contributed by atoms with Gasteiger partial charge in [0.1, 0.15) is 5.82 Å². The van der Waals surface area contributed by atoms with E-state index in [2.05, 4.69) is 10.4 Å². The highest BCUT2D eigenvalue weighted by Gasteiger charge is 2.31. The molecule has 1 aliphatic heterocycles. The van der Waals surface area contributed by atoms with Gasteiger partial charge in [0, 0.05) is 21.9 Å². The first-order valence-corrected chi connectivity index (χ1v) is 9.50. The van der Waals surface area contributed by atoms with Crippen LogP contribution in [0.25, 0.3) is 0 Å². The van der Waals surface area contributed by atoms with Crippen LogP contribution in [0, 0.1) is 13.8 Å². The van der Waals surface area contributed by atoms with Gasteiger partial charge in [-0.05, 0) is 57.9 Å². The van der Waals surface area contributed by atoms with Gasteiger partial charge in [0.2, 0.25) is 0 Å². The maximum absolute atomic E-state index is 12.7. The fourth-order valence-corrected chi connectivity index (χ4v) is 4.07. The summed E-state index contributed by atoms with van der Waals surface area (Å²) in [6.45, 7) is 10.1. The molecule has 6 heteroatoms. The molecule has 0 aliphatic carbocycles. The molecule has 24 heavy (non-hydrogen) atoms. The summed E-state index contributed by atoms with van der Waals surface area (Å²) in [6, 6.07) is 5.67. The van der Waals surface area contributed by atoms with Crippen molar-refractivity contribution in [2.75, 3.05) is 5.32 Å². The van der Waals surface area contributed by atoms with Crippen LogP contribution in [0.15, 0.2) is 18.2 Å². The van der Waals surface area contributed by atoms with Gasteiger partial charge in [-0.1, -0.05) is 6.07 Å². The molecule has 2 aromatic rings. The molecule has 1 N–H and O–H groups in total. The number of anilines is 1. The topological polar surface area (TPSA) is 64.0 Å². The van der Waals surface area contributed by atoms with Gasteiger partial charge in [-0.25, -0.2) is 4.68 Å². The van der Waals surface area contributed by atoms with Crippen LogP contribution in [0.1, 0.15) is 53.5 Å². The largest absolute Gasteiger partial charge is 0.306 e. The number of hydrogen-bond acceptors (Lipinski definition) is 3. The smallest absolute Gasteiger partial charge is 0.256 e. The van der Waals surface area contributed by atoms with Crippen molar-refractivity contribution < 1.29 is 9.00 Å². The SMILES string of the molecule is Cc1ccc(C(=O)Nc2c3c(nn2C(C)(C)C)CS(=O)C3)cc1C. The first-order valence-electron chi connectivity index (χ1n) is 8.01. The van der Waals surface area contributed by atoms with Gasteiger partial charge >= 0.3 is 0 Å². The molecule has 1 aromatic carbocycles. The molecule has 128 valence electrons. The predicted octanol–water partition coefficient (Wildman–Crippen LogP) is 3.27. The maximum Gasteiger partial charge on any atom is 0.256 e. The quantitative estimate of drug-likeness (QED) is 0.908. The number of amides is 1.